The van der Waals surface area contributed by atoms with Crippen molar-refractivity contribution < 1.29 is 9.59 Å². The van der Waals surface area contributed by atoms with Gasteiger partial charge in [-0.3, -0.25) is 14.5 Å². The first-order chi connectivity index (χ1) is 16.7. The van der Waals surface area contributed by atoms with Gasteiger partial charge >= 0.3 is 0 Å². The molecule has 0 saturated heterocycles. The van der Waals surface area contributed by atoms with Gasteiger partial charge in [0.2, 0.25) is 11.8 Å². The third-order valence-electron chi connectivity index (χ3n) is 4.41. The number of nitrogens with two attached hydrogens (primary N) is 1. The Kier molecular flexibility index (Phi) is 15.2. The van der Waals surface area contributed by atoms with Gasteiger partial charge in [-0.15, -0.1) is 0 Å². The third kappa shape index (κ3) is 13.7. The normalized spacial score (nSPS) is 10.8. The number of nitrogens with zero attached hydrogens (tertiary/aromatic N) is 3. The van der Waals surface area contributed by atoms with E-state index in [1.54, 1.807) is 34.0 Å². The summed E-state index contributed by atoms with van der Waals surface area (Å²) in [6.45, 7) is 3.73. The van der Waals surface area contributed by atoms with Crippen LogP contribution in [0.4, 0.5) is 5.82 Å². The summed E-state index contributed by atoms with van der Waals surface area (Å²) in [5.41, 5.74) is 5.71. The molecule has 186 valence electrons. The predicted octanol–water partition coefficient (Wildman–Crippen LogP) is 2.25. The van der Waals surface area contributed by atoms with Crippen LogP contribution in [0.2, 0.25) is 0 Å². The van der Waals surface area contributed by atoms with Crippen LogP contribution in [0, 0.1) is 0 Å². The van der Waals surface area contributed by atoms with Crippen molar-refractivity contribution in [2.45, 2.75) is 17.9 Å². The maximum Gasteiger partial charge on any atom is 0.220 e. The van der Waals surface area contributed by atoms with Crippen molar-refractivity contribution >= 4 is 51.2 Å². The lowest BCUT2D eigenvalue weighted by atomic mass is 10.4. The van der Waals surface area contributed by atoms with Gasteiger partial charge in [0.05, 0.1) is 0 Å². The fourth-order valence-corrected chi connectivity index (χ4v) is 5.25. The smallest absolute Gasteiger partial charge is 0.220 e. The third-order valence-corrected chi connectivity index (χ3v) is 7.44. The summed E-state index contributed by atoms with van der Waals surface area (Å²) < 4.78 is 3.11. The van der Waals surface area contributed by atoms with Crippen LogP contribution >= 0.6 is 33.5 Å². The highest BCUT2D eigenvalue weighted by Gasteiger charge is 2.08. The first-order valence-corrected chi connectivity index (χ1v) is 14.4. The standard InChI is InChI=1S/C22H33N7O2S3/c23-9-14-29(15-12-25-20(30)7-17-32-28-19-5-1-3-10-24-19)16-13-26-21(31)8-18-33-34-22-6-2-4-11-27-22/h1-6,10-11H,7-9,12-18,23H2,(H,24,28)(H,25,30)(H,26,31). The van der Waals surface area contributed by atoms with Gasteiger partial charge in [0.15, 0.2) is 0 Å². The number of amides is 2. The molecule has 2 amide bonds. The molecule has 0 unspecified atom stereocenters. The van der Waals surface area contributed by atoms with Crippen LogP contribution in [0.15, 0.2) is 53.8 Å². The Hall–Kier alpha value is -1.99. The second-order valence-electron chi connectivity index (χ2n) is 7.07. The van der Waals surface area contributed by atoms with Gasteiger partial charge in [-0.1, -0.05) is 34.9 Å². The van der Waals surface area contributed by atoms with Crippen LogP contribution in [0.1, 0.15) is 12.8 Å². The Morgan fingerprint density at radius 2 is 1.56 bits per heavy atom. The number of hydrogen-bond donors (Lipinski definition) is 4. The lowest BCUT2D eigenvalue weighted by Crippen LogP contribution is -2.41. The fraction of sp³-hybridized carbons (Fsp3) is 0.455. The van der Waals surface area contributed by atoms with Crippen molar-refractivity contribution in [3.8, 4) is 0 Å². The topological polar surface area (TPSA) is 125 Å². The monoisotopic (exact) mass is 523 g/mol. The maximum absolute atomic E-state index is 12.1. The molecule has 9 nitrogen and oxygen atoms in total. The number of rotatable bonds is 18. The molecule has 12 heteroatoms. The Bertz CT molecular complexity index is 753. The number of carbonyl (C=O) groups excluding carboxylic acids is 2. The molecule has 0 saturated carbocycles. The van der Waals surface area contributed by atoms with Crippen molar-refractivity contribution in [2.24, 2.45) is 5.73 Å². The molecule has 0 fully saturated rings. The van der Waals surface area contributed by atoms with Gasteiger partial charge in [0.25, 0.3) is 0 Å². The molecule has 0 aliphatic heterocycles. The van der Waals surface area contributed by atoms with Crippen molar-refractivity contribution in [3.63, 3.8) is 0 Å². The van der Waals surface area contributed by atoms with Crippen LogP contribution in [-0.4, -0.2) is 77.5 Å². The summed E-state index contributed by atoms with van der Waals surface area (Å²) in [5.74, 6) is 2.20. The maximum atomic E-state index is 12.1. The van der Waals surface area contributed by atoms with Crippen molar-refractivity contribution in [1.82, 2.24) is 25.5 Å². The first kappa shape index (κ1) is 28.2. The molecule has 2 heterocycles. The minimum absolute atomic E-state index is 0.0115. The van der Waals surface area contributed by atoms with Gasteiger partial charge in [-0.05, 0) is 35.1 Å². The lowest BCUT2D eigenvalue weighted by Gasteiger charge is -2.22. The lowest BCUT2D eigenvalue weighted by molar-refractivity contribution is -0.121. The quantitative estimate of drug-likeness (QED) is 0.131. The zero-order valence-corrected chi connectivity index (χ0v) is 21.6. The van der Waals surface area contributed by atoms with Gasteiger partial charge in [0.1, 0.15) is 10.8 Å². The molecular weight excluding hydrogens is 490 g/mol. The van der Waals surface area contributed by atoms with Crippen LogP contribution in [0.3, 0.4) is 0 Å². The first-order valence-electron chi connectivity index (χ1n) is 11.1. The molecule has 0 aliphatic rings. The summed E-state index contributed by atoms with van der Waals surface area (Å²) >= 11 is 1.46. The minimum Gasteiger partial charge on any atom is -0.355 e. The molecule has 0 atom stereocenters. The number of hydrogen-bond acceptors (Lipinski definition) is 10. The SMILES string of the molecule is NCCN(CCNC(=O)CCSNc1ccccn1)CCNC(=O)CCSSc1ccccn1. The second kappa shape index (κ2) is 18.4. The molecule has 2 aromatic heterocycles. The van der Waals surface area contributed by atoms with E-state index in [4.69, 9.17) is 5.73 Å². The van der Waals surface area contributed by atoms with Crippen LogP contribution in [-0.2, 0) is 9.59 Å². The molecule has 34 heavy (non-hydrogen) atoms. The van der Waals surface area contributed by atoms with E-state index in [9.17, 15) is 9.59 Å². The van der Waals surface area contributed by atoms with E-state index < -0.39 is 0 Å². The summed E-state index contributed by atoms with van der Waals surface area (Å²) in [4.78, 5) is 34.6. The van der Waals surface area contributed by atoms with Crippen LogP contribution in [0.25, 0.3) is 0 Å². The number of nitrogens with one attached hydrogen (secondary N) is 3. The van der Waals surface area contributed by atoms with E-state index in [-0.39, 0.29) is 11.8 Å². The Morgan fingerprint density at radius 3 is 2.18 bits per heavy atom. The highest BCUT2D eigenvalue weighted by molar-refractivity contribution is 8.76. The minimum atomic E-state index is 0.0115. The van der Waals surface area contributed by atoms with Crippen molar-refractivity contribution in [1.29, 1.82) is 0 Å². The highest BCUT2D eigenvalue weighted by Crippen LogP contribution is 2.29. The average Bonchev–Trinajstić information content (AvgIpc) is 2.86. The molecule has 0 bridgehead atoms. The second-order valence-corrected chi connectivity index (χ2v) is 10.4. The van der Waals surface area contributed by atoms with E-state index in [0.29, 0.717) is 57.9 Å². The van der Waals surface area contributed by atoms with Gasteiger partial charge in [-0.2, -0.15) is 0 Å². The Labute approximate surface area is 213 Å². The van der Waals surface area contributed by atoms with Gasteiger partial charge in [-0.25, -0.2) is 9.97 Å². The van der Waals surface area contributed by atoms with E-state index >= 15 is 0 Å². The largest absolute Gasteiger partial charge is 0.355 e. The van der Waals surface area contributed by atoms with Gasteiger partial charge < -0.3 is 21.1 Å². The predicted molar refractivity (Wildman–Crippen MR) is 144 cm³/mol. The Balaban J connectivity index is 1.49. The number of anilines is 1. The fourth-order valence-electron chi connectivity index (χ4n) is 2.73. The molecule has 5 N–H and O–H groups in total. The average molecular weight is 524 g/mol. The van der Waals surface area contributed by atoms with E-state index in [0.717, 1.165) is 16.6 Å². The van der Waals surface area contributed by atoms with Gasteiger partial charge in [0, 0.05) is 76.0 Å². The summed E-state index contributed by atoms with van der Waals surface area (Å²) in [6, 6.07) is 11.4. The number of pyridine rings is 2. The van der Waals surface area contributed by atoms with Crippen LogP contribution in [0.5, 0.6) is 0 Å². The van der Waals surface area contributed by atoms with Crippen LogP contribution < -0.4 is 21.1 Å². The molecule has 2 rings (SSSR count). The molecule has 0 spiro atoms. The molecular formula is C22H33N7O2S3. The highest BCUT2D eigenvalue weighted by atomic mass is 33.1. The molecule has 0 radical (unpaired) electrons. The van der Waals surface area contributed by atoms with Crippen molar-refractivity contribution in [3.05, 3.63) is 48.8 Å². The number of carbonyl (C=O) groups is 2. The molecule has 2 aromatic rings. The van der Waals surface area contributed by atoms with E-state index in [1.165, 1.54) is 11.9 Å². The van der Waals surface area contributed by atoms with Crippen molar-refractivity contribution in [2.75, 3.05) is 55.5 Å². The number of aromatic nitrogens is 2. The summed E-state index contributed by atoms with van der Waals surface area (Å²) in [5, 5.41) is 6.84. The van der Waals surface area contributed by atoms with E-state index in [1.807, 2.05) is 36.4 Å². The van der Waals surface area contributed by atoms with E-state index in [2.05, 4.69) is 30.2 Å². The summed E-state index contributed by atoms with van der Waals surface area (Å²) in [6.07, 6.45) is 4.37. The zero-order chi connectivity index (χ0) is 24.3. The molecule has 0 aromatic carbocycles. The Morgan fingerprint density at radius 1 is 0.882 bits per heavy atom. The zero-order valence-electron chi connectivity index (χ0n) is 19.2. The molecule has 0 aliphatic carbocycles. The summed E-state index contributed by atoms with van der Waals surface area (Å²) in [7, 11) is 3.20.